The van der Waals surface area contributed by atoms with Crippen LogP contribution in [-0.2, 0) is 0 Å². The largest absolute Gasteiger partial charge is 0.573 e. The Morgan fingerprint density at radius 3 is 2.14 bits per heavy atom. The second-order valence-corrected chi connectivity index (χ2v) is 5.10. The average molecular weight is 373 g/mol. The van der Waals surface area contributed by atoms with Crippen LogP contribution in [0.4, 0.5) is 13.2 Å². The van der Waals surface area contributed by atoms with Crippen molar-refractivity contribution in [2.24, 2.45) is 5.73 Å². The quantitative estimate of drug-likeness (QED) is 0.787. The van der Waals surface area contributed by atoms with E-state index in [4.69, 9.17) is 28.9 Å². The fraction of sp³-hybridized carbons (Fsp3) is 0.143. The maximum Gasteiger partial charge on any atom is 0.573 e. The molecule has 2 nitrogen and oxygen atoms in total. The lowest BCUT2D eigenvalue weighted by Gasteiger charge is -2.15. The smallest absolute Gasteiger partial charge is 0.406 e. The highest BCUT2D eigenvalue weighted by Crippen LogP contribution is 2.30. The van der Waals surface area contributed by atoms with Crippen molar-refractivity contribution < 1.29 is 17.9 Å². The van der Waals surface area contributed by atoms with Crippen molar-refractivity contribution in [2.75, 3.05) is 0 Å². The summed E-state index contributed by atoms with van der Waals surface area (Å²) >= 11 is 11.9. The summed E-state index contributed by atoms with van der Waals surface area (Å²) in [6, 6.07) is 9.54. The van der Waals surface area contributed by atoms with Gasteiger partial charge in [-0.25, -0.2) is 0 Å². The molecule has 2 aromatic rings. The second kappa shape index (κ2) is 7.42. The van der Waals surface area contributed by atoms with Gasteiger partial charge in [0.05, 0.1) is 6.04 Å². The maximum atomic E-state index is 12.1. The normalized spacial score (nSPS) is 12.5. The summed E-state index contributed by atoms with van der Waals surface area (Å²) in [5.41, 5.74) is 7.24. The van der Waals surface area contributed by atoms with E-state index in [2.05, 4.69) is 4.74 Å². The SMILES string of the molecule is Cl.N[C@@H](c1ccc(OC(F)(F)F)cc1)c1cc(Cl)ccc1Cl. The fourth-order valence-corrected chi connectivity index (χ4v) is 2.22. The van der Waals surface area contributed by atoms with E-state index in [0.29, 0.717) is 21.2 Å². The van der Waals surface area contributed by atoms with E-state index in [1.807, 2.05) is 0 Å². The van der Waals surface area contributed by atoms with Crippen molar-refractivity contribution in [3.63, 3.8) is 0 Å². The minimum absolute atomic E-state index is 0. The lowest BCUT2D eigenvalue weighted by atomic mass is 9.99. The highest BCUT2D eigenvalue weighted by atomic mass is 35.5. The molecule has 0 fully saturated rings. The van der Waals surface area contributed by atoms with E-state index in [0.717, 1.165) is 0 Å². The highest BCUT2D eigenvalue weighted by molar-refractivity contribution is 6.33. The molecule has 8 heteroatoms. The molecule has 0 saturated heterocycles. The van der Waals surface area contributed by atoms with Crippen molar-refractivity contribution in [3.8, 4) is 5.75 Å². The summed E-state index contributed by atoms with van der Waals surface area (Å²) < 4.78 is 40.0. The third kappa shape index (κ3) is 4.95. The van der Waals surface area contributed by atoms with Crippen LogP contribution in [0.1, 0.15) is 17.2 Å². The number of ether oxygens (including phenoxy) is 1. The predicted octanol–water partition coefficient (Wildman–Crippen LogP) is 5.36. The minimum Gasteiger partial charge on any atom is -0.406 e. The Labute approximate surface area is 141 Å². The molecule has 0 aliphatic carbocycles. The summed E-state index contributed by atoms with van der Waals surface area (Å²) in [7, 11) is 0. The van der Waals surface area contributed by atoms with Crippen LogP contribution in [0.2, 0.25) is 10.0 Å². The Hall–Kier alpha value is -1.14. The van der Waals surface area contributed by atoms with Crippen LogP contribution in [0.3, 0.4) is 0 Å². The molecule has 0 unspecified atom stereocenters. The zero-order valence-corrected chi connectivity index (χ0v) is 13.2. The van der Waals surface area contributed by atoms with E-state index in [1.54, 1.807) is 18.2 Å². The fourth-order valence-electron chi connectivity index (χ4n) is 1.81. The van der Waals surface area contributed by atoms with Gasteiger partial charge in [-0.15, -0.1) is 25.6 Å². The monoisotopic (exact) mass is 371 g/mol. The number of hydrogen-bond acceptors (Lipinski definition) is 2. The molecule has 2 aromatic carbocycles. The molecule has 0 aliphatic rings. The molecule has 0 saturated carbocycles. The zero-order chi connectivity index (χ0) is 15.6. The first-order chi connectivity index (χ1) is 9.76. The predicted molar refractivity (Wildman–Crippen MR) is 82.9 cm³/mol. The number of rotatable bonds is 3. The van der Waals surface area contributed by atoms with Gasteiger partial charge in [0.25, 0.3) is 0 Å². The van der Waals surface area contributed by atoms with Crippen molar-refractivity contribution in [2.45, 2.75) is 12.4 Å². The Morgan fingerprint density at radius 2 is 1.59 bits per heavy atom. The molecule has 22 heavy (non-hydrogen) atoms. The average Bonchev–Trinajstić information content (AvgIpc) is 2.40. The Morgan fingerprint density at radius 1 is 1.00 bits per heavy atom. The van der Waals surface area contributed by atoms with E-state index >= 15 is 0 Å². The standard InChI is InChI=1S/C14H10Cl2F3NO.ClH/c15-9-3-6-12(16)11(7-9)13(20)8-1-4-10(5-2-8)21-14(17,18)19;/h1-7,13H,20H2;1H/t13-;/m0./s1. The molecule has 0 heterocycles. The number of halogens is 6. The first-order valence-electron chi connectivity index (χ1n) is 5.82. The summed E-state index contributed by atoms with van der Waals surface area (Å²) in [5.74, 6) is -0.310. The van der Waals surface area contributed by atoms with Crippen LogP contribution in [0, 0.1) is 0 Å². The Bertz CT molecular complexity index is 632. The molecule has 120 valence electrons. The molecule has 1 atom stereocenters. The minimum atomic E-state index is -4.72. The van der Waals surface area contributed by atoms with Gasteiger partial charge in [-0.05, 0) is 41.5 Å². The van der Waals surface area contributed by atoms with Crippen LogP contribution >= 0.6 is 35.6 Å². The summed E-state index contributed by atoms with van der Waals surface area (Å²) in [6.45, 7) is 0. The van der Waals surface area contributed by atoms with Gasteiger partial charge in [-0.1, -0.05) is 35.3 Å². The molecular weight excluding hydrogens is 362 g/mol. The van der Waals surface area contributed by atoms with E-state index < -0.39 is 12.4 Å². The molecule has 0 aromatic heterocycles. The van der Waals surface area contributed by atoms with Gasteiger partial charge in [0.2, 0.25) is 0 Å². The molecule has 0 spiro atoms. The molecule has 0 radical (unpaired) electrons. The zero-order valence-electron chi connectivity index (χ0n) is 10.9. The lowest BCUT2D eigenvalue weighted by molar-refractivity contribution is -0.274. The van der Waals surface area contributed by atoms with Crippen LogP contribution in [0.5, 0.6) is 5.75 Å². The van der Waals surface area contributed by atoms with E-state index in [9.17, 15) is 13.2 Å². The highest BCUT2D eigenvalue weighted by Gasteiger charge is 2.31. The van der Waals surface area contributed by atoms with Crippen molar-refractivity contribution in [1.82, 2.24) is 0 Å². The summed E-state index contributed by atoms with van der Waals surface area (Å²) in [5, 5.41) is 0.907. The molecule has 2 rings (SSSR count). The van der Waals surface area contributed by atoms with Gasteiger partial charge >= 0.3 is 6.36 Å². The second-order valence-electron chi connectivity index (χ2n) is 4.26. The Balaban J connectivity index is 0.00000242. The van der Waals surface area contributed by atoms with E-state index in [-0.39, 0.29) is 18.2 Å². The van der Waals surface area contributed by atoms with Gasteiger partial charge in [0.1, 0.15) is 5.75 Å². The van der Waals surface area contributed by atoms with Gasteiger partial charge in [-0.3, -0.25) is 0 Å². The van der Waals surface area contributed by atoms with Crippen LogP contribution in [0.15, 0.2) is 42.5 Å². The number of nitrogens with two attached hydrogens (primary N) is 1. The molecule has 0 aliphatic heterocycles. The maximum absolute atomic E-state index is 12.1. The third-order valence-electron chi connectivity index (χ3n) is 2.77. The van der Waals surface area contributed by atoms with Gasteiger partial charge in [0.15, 0.2) is 0 Å². The van der Waals surface area contributed by atoms with Crippen LogP contribution in [-0.4, -0.2) is 6.36 Å². The number of alkyl halides is 3. The summed E-state index contributed by atoms with van der Waals surface area (Å²) in [6.07, 6.45) is -4.72. The number of benzene rings is 2. The van der Waals surface area contributed by atoms with Crippen LogP contribution < -0.4 is 10.5 Å². The molecule has 2 N–H and O–H groups in total. The van der Waals surface area contributed by atoms with Gasteiger partial charge < -0.3 is 10.5 Å². The van der Waals surface area contributed by atoms with Crippen molar-refractivity contribution >= 4 is 35.6 Å². The first-order valence-corrected chi connectivity index (χ1v) is 6.58. The van der Waals surface area contributed by atoms with Crippen LogP contribution in [0.25, 0.3) is 0 Å². The Kier molecular flexibility index (Phi) is 6.38. The van der Waals surface area contributed by atoms with Crippen molar-refractivity contribution in [1.29, 1.82) is 0 Å². The lowest BCUT2D eigenvalue weighted by Crippen LogP contribution is -2.17. The van der Waals surface area contributed by atoms with Gasteiger partial charge in [0, 0.05) is 10.0 Å². The molecular formula is C14H11Cl3F3NO. The number of hydrogen-bond donors (Lipinski definition) is 1. The summed E-state index contributed by atoms with van der Waals surface area (Å²) in [4.78, 5) is 0. The molecule has 0 amide bonds. The molecule has 0 bridgehead atoms. The van der Waals surface area contributed by atoms with Crippen molar-refractivity contribution in [3.05, 3.63) is 63.6 Å². The van der Waals surface area contributed by atoms with E-state index in [1.165, 1.54) is 24.3 Å². The topological polar surface area (TPSA) is 35.2 Å². The third-order valence-corrected chi connectivity index (χ3v) is 3.35. The van der Waals surface area contributed by atoms with Gasteiger partial charge in [-0.2, -0.15) is 0 Å². The first kappa shape index (κ1) is 18.9.